The van der Waals surface area contributed by atoms with E-state index >= 15 is 0 Å². The maximum atomic E-state index is 5.47. The molecule has 0 saturated carbocycles. The summed E-state index contributed by atoms with van der Waals surface area (Å²) in [5.41, 5.74) is 0. The van der Waals surface area contributed by atoms with Crippen molar-refractivity contribution in [1.29, 1.82) is 0 Å². The maximum absolute atomic E-state index is 5.47. The van der Waals surface area contributed by atoms with E-state index in [1.54, 1.807) is 11.3 Å². The summed E-state index contributed by atoms with van der Waals surface area (Å²) >= 11 is 1.64. The molecular formula is C14H21N5OS. The number of rotatable bonds is 4. The van der Waals surface area contributed by atoms with Crippen molar-refractivity contribution in [3.05, 3.63) is 16.7 Å². The minimum absolute atomic E-state index is 0.302. The lowest BCUT2D eigenvalue weighted by Crippen LogP contribution is -2.34. The van der Waals surface area contributed by atoms with Crippen LogP contribution in [0.25, 0.3) is 0 Å². The first-order chi connectivity index (χ1) is 10.1. The monoisotopic (exact) mass is 307 g/mol. The van der Waals surface area contributed by atoms with Crippen molar-refractivity contribution in [2.24, 2.45) is 5.92 Å². The normalized spacial score (nSPS) is 19.4. The molecule has 1 aliphatic heterocycles. The molecule has 21 heavy (non-hydrogen) atoms. The predicted molar refractivity (Wildman–Crippen MR) is 81.7 cm³/mol. The van der Waals surface area contributed by atoms with Crippen molar-refractivity contribution < 1.29 is 4.52 Å². The third kappa shape index (κ3) is 3.40. The minimum atomic E-state index is 0.302. The average Bonchev–Trinajstić information content (AvgIpc) is 3.07. The highest BCUT2D eigenvalue weighted by atomic mass is 32.1. The van der Waals surface area contributed by atoms with Crippen LogP contribution in [-0.4, -0.2) is 33.4 Å². The predicted octanol–water partition coefficient (Wildman–Crippen LogP) is 2.81. The smallest absolute Gasteiger partial charge is 0.231 e. The second-order valence-corrected chi connectivity index (χ2v) is 7.20. The van der Waals surface area contributed by atoms with Crippen LogP contribution in [0.2, 0.25) is 0 Å². The Morgan fingerprint density at radius 2 is 2.24 bits per heavy atom. The highest BCUT2D eigenvalue weighted by molar-refractivity contribution is 7.15. The first-order valence-corrected chi connectivity index (χ1v) is 8.31. The molecule has 0 aliphatic carbocycles. The molecule has 2 aromatic rings. The standard InChI is InChI=1S/C14H21N5OS/c1-9(2)7-12-15-13(20-18-12)11-5-4-6-19(8-11)14-17-16-10(3)21-14/h9,11H,4-8H2,1-3H3. The van der Waals surface area contributed by atoms with E-state index in [-0.39, 0.29) is 0 Å². The van der Waals surface area contributed by atoms with Crippen LogP contribution in [0.15, 0.2) is 4.52 Å². The quantitative estimate of drug-likeness (QED) is 0.865. The number of hydrogen-bond acceptors (Lipinski definition) is 7. The Morgan fingerprint density at radius 1 is 1.38 bits per heavy atom. The van der Waals surface area contributed by atoms with Crippen molar-refractivity contribution in [2.45, 2.75) is 46.0 Å². The van der Waals surface area contributed by atoms with Gasteiger partial charge in [0.15, 0.2) is 5.82 Å². The Kier molecular flexibility index (Phi) is 4.19. The zero-order valence-electron chi connectivity index (χ0n) is 12.7. The summed E-state index contributed by atoms with van der Waals surface area (Å²) < 4.78 is 5.47. The van der Waals surface area contributed by atoms with Gasteiger partial charge in [0, 0.05) is 19.5 Å². The van der Waals surface area contributed by atoms with Crippen molar-refractivity contribution in [3.63, 3.8) is 0 Å². The molecule has 1 unspecified atom stereocenters. The van der Waals surface area contributed by atoms with Crippen molar-refractivity contribution in [1.82, 2.24) is 20.3 Å². The number of aromatic nitrogens is 4. The maximum Gasteiger partial charge on any atom is 0.231 e. The van der Waals surface area contributed by atoms with Gasteiger partial charge in [-0.3, -0.25) is 0 Å². The number of anilines is 1. The minimum Gasteiger partial charge on any atom is -0.346 e. The molecule has 3 heterocycles. The molecule has 1 aliphatic rings. The topological polar surface area (TPSA) is 67.9 Å². The number of nitrogens with zero attached hydrogens (tertiary/aromatic N) is 5. The van der Waals surface area contributed by atoms with E-state index in [1.165, 1.54) is 0 Å². The highest BCUT2D eigenvalue weighted by Crippen LogP contribution is 2.30. The molecule has 0 bridgehead atoms. The number of hydrogen-bond donors (Lipinski definition) is 0. The molecular weight excluding hydrogens is 286 g/mol. The summed E-state index contributed by atoms with van der Waals surface area (Å²) in [5, 5.41) is 14.4. The first-order valence-electron chi connectivity index (χ1n) is 7.49. The number of piperidine rings is 1. The fourth-order valence-corrected chi connectivity index (χ4v) is 3.37. The lowest BCUT2D eigenvalue weighted by atomic mass is 9.98. The number of aryl methyl sites for hydroxylation is 1. The van der Waals surface area contributed by atoms with Gasteiger partial charge in [0.2, 0.25) is 11.0 Å². The summed E-state index contributed by atoms with van der Waals surface area (Å²) in [6, 6.07) is 0. The Hall–Kier alpha value is -1.50. The Balaban J connectivity index is 1.69. The van der Waals surface area contributed by atoms with Crippen molar-refractivity contribution in [2.75, 3.05) is 18.0 Å². The van der Waals surface area contributed by atoms with E-state index < -0.39 is 0 Å². The zero-order chi connectivity index (χ0) is 14.8. The molecule has 0 radical (unpaired) electrons. The van der Waals surface area contributed by atoms with E-state index in [0.717, 1.165) is 54.2 Å². The molecule has 1 atom stereocenters. The molecule has 1 saturated heterocycles. The van der Waals surface area contributed by atoms with Gasteiger partial charge in [0.25, 0.3) is 0 Å². The van der Waals surface area contributed by atoms with Gasteiger partial charge < -0.3 is 9.42 Å². The molecule has 114 valence electrons. The van der Waals surface area contributed by atoms with Crippen LogP contribution in [0, 0.1) is 12.8 Å². The van der Waals surface area contributed by atoms with Gasteiger partial charge in [-0.25, -0.2) is 0 Å². The lowest BCUT2D eigenvalue weighted by Gasteiger charge is -2.30. The molecule has 6 nitrogen and oxygen atoms in total. The SMILES string of the molecule is Cc1nnc(N2CCCC(c3nc(CC(C)C)no3)C2)s1. The van der Waals surface area contributed by atoms with Crippen LogP contribution >= 0.6 is 11.3 Å². The third-order valence-electron chi connectivity index (χ3n) is 3.63. The molecule has 0 amide bonds. The van der Waals surface area contributed by atoms with E-state index in [1.807, 2.05) is 6.92 Å². The molecule has 3 rings (SSSR count). The Labute approximate surface area is 128 Å². The molecule has 0 spiro atoms. The zero-order valence-corrected chi connectivity index (χ0v) is 13.6. The molecule has 0 N–H and O–H groups in total. The molecule has 1 fully saturated rings. The highest BCUT2D eigenvalue weighted by Gasteiger charge is 2.27. The summed E-state index contributed by atoms with van der Waals surface area (Å²) in [6.45, 7) is 8.22. The van der Waals surface area contributed by atoms with Crippen LogP contribution in [0.4, 0.5) is 5.13 Å². The fraction of sp³-hybridized carbons (Fsp3) is 0.714. The molecule has 2 aromatic heterocycles. The van der Waals surface area contributed by atoms with Gasteiger partial charge in [-0.15, -0.1) is 10.2 Å². The largest absolute Gasteiger partial charge is 0.346 e. The molecule has 7 heteroatoms. The van der Waals surface area contributed by atoms with Gasteiger partial charge in [0.1, 0.15) is 5.01 Å². The summed E-state index contributed by atoms with van der Waals surface area (Å²) in [5.74, 6) is 2.44. The van der Waals surface area contributed by atoms with Gasteiger partial charge >= 0.3 is 0 Å². The Bertz CT molecular complexity index is 594. The Morgan fingerprint density at radius 3 is 2.95 bits per heavy atom. The van der Waals surface area contributed by atoms with Gasteiger partial charge in [-0.1, -0.05) is 30.3 Å². The van der Waals surface area contributed by atoms with Crippen LogP contribution in [-0.2, 0) is 6.42 Å². The lowest BCUT2D eigenvalue weighted by molar-refractivity contribution is 0.329. The van der Waals surface area contributed by atoms with E-state index in [2.05, 4.69) is 39.1 Å². The average molecular weight is 307 g/mol. The van der Waals surface area contributed by atoms with Crippen molar-refractivity contribution >= 4 is 16.5 Å². The van der Waals surface area contributed by atoms with Crippen molar-refractivity contribution in [3.8, 4) is 0 Å². The van der Waals surface area contributed by atoms with Crippen LogP contribution in [0.1, 0.15) is 49.3 Å². The second-order valence-electron chi connectivity index (χ2n) is 6.04. The first kappa shape index (κ1) is 14.4. The third-order valence-corrected chi connectivity index (χ3v) is 4.53. The van der Waals surface area contributed by atoms with E-state index in [0.29, 0.717) is 11.8 Å². The van der Waals surface area contributed by atoms with Gasteiger partial charge in [0.05, 0.1) is 5.92 Å². The van der Waals surface area contributed by atoms with E-state index in [9.17, 15) is 0 Å². The fourth-order valence-electron chi connectivity index (χ4n) is 2.65. The van der Waals surface area contributed by atoms with Gasteiger partial charge in [-0.2, -0.15) is 4.98 Å². The molecule has 0 aromatic carbocycles. The van der Waals surface area contributed by atoms with Gasteiger partial charge in [-0.05, 0) is 25.7 Å². The summed E-state index contributed by atoms with van der Waals surface area (Å²) in [7, 11) is 0. The van der Waals surface area contributed by atoms with Crippen LogP contribution < -0.4 is 4.90 Å². The summed E-state index contributed by atoms with van der Waals surface area (Å²) in [4.78, 5) is 6.85. The summed E-state index contributed by atoms with van der Waals surface area (Å²) in [6.07, 6.45) is 3.08. The second kappa shape index (κ2) is 6.09. The van der Waals surface area contributed by atoms with E-state index in [4.69, 9.17) is 4.52 Å². The van der Waals surface area contributed by atoms with Crippen LogP contribution in [0.5, 0.6) is 0 Å². The van der Waals surface area contributed by atoms with Crippen LogP contribution in [0.3, 0.4) is 0 Å².